The summed E-state index contributed by atoms with van der Waals surface area (Å²) >= 11 is 0. The monoisotopic (exact) mass is 248 g/mol. The third-order valence-electron chi connectivity index (χ3n) is 3.46. The van der Waals surface area contributed by atoms with Crippen LogP contribution < -0.4 is 5.32 Å². The summed E-state index contributed by atoms with van der Waals surface area (Å²) in [5, 5.41) is 2.89. The van der Waals surface area contributed by atoms with E-state index in [4.69, 9.17) is 0 Å². The number of likely N-dealkylation sites (tertiary alicyclic amines) is 1. The summed E-state index contributed by atoms with van der Waals surface area (Å²) in [6.45, 7) is 5.15. The van der Waals surface area contributed by atoms with Gasteiger partial charge >= 0.3 is 0 Å². The largest absolute Gasteiger partial charge is 0.372 e. The Balaban J connectivity index is 2.14. The zero-order valence-electron chi connectivity index (χ0n) is 11.2. The van der Waals surface area contributed by atoms with E-state index in [1.54, 1.807) is 19.4 Å². The third-order valence-corrected chi connectivity index (χ3v) is 3.46. The summed E-state index contributed by atoms with van der Waals surface area (Å²) in [5.41, 5.74) is 0.432. The quantitative estimate of drug-likeness (QED) is 0.885. The molecule has 1 aliphatic heterocycles. The van der Waals surface area contributed by atoms with Crippen molar-refractivity contribution in [1.29, 1.82) is 0 Å². The minimum atomic E-state index is 0.00125. The molecule has 2 heterocycles. The summed E-state index contributed by atoms with van der Waals surface area (Å²) in [6, 6.07) is 0.336. The Labute approximate surface area is 108 Å². The van der Waals surface area contributed by atoms with Gasteiger partial charge in [-0.05, 0) is 18.8 Å². The number of rotatable bonds is 3. The fourth-order valence-corrected chi connectivity index (χ4v) is 2.45. The third kappa shape index (κ3) is 2.44. The maximum Gasteiger partial charge on any atom is 0.274 e. The number of hydrogen-bond acceptors (Lipinski definition) is 4. The first-order valence-electron chi connectivity index (χ1n) is 6.44. The fourth-order valence-electron chi connectivity index (χ4n) is 2.45. The van der Waals surface area contributed by atoms with Crippen molar-refractivity contribution in [2.24, 2.45) is 5.92 Å². The van der Waals surface area contributed by atoms with Gasteiger partial charge in [-0.25, -0.2) is 9.97 Å². The average molecular weight is 248 g/mol. The molecule has 1 unspecified atom stereocenters. The number of anilines is 1. The molecule has 1 atom stereocenters. The zero-order chi connectivity index (χ0) is 13.1. The lowest BCUT2D eigenvalue weighted by Crippen LogP contribution is -2.38. The smallest absolute Gasteiger partial charge is 0.274 e. The van der Waals surface area contributed by atoms with E-state index in [0.717, 1.165) is 19.4 Å². The first-order valence-corrected chi connectivity index (χ1v) is 6.44. The second kappa shape index (κ2) is 5.33. The minimum Gasteiger partial charge on any atom is -0.372 e. The molecule has 98 valence electrons. The number of nitrogens with one attached hydrogen (secondary N) is 1. The zero-order valence-corrected chi connectivity index (χ0v) is 11.2. The molecule has 0 saturated carbocycles. The van der Waals surface area contributed by atoms with Gasteiger partial charge in [-0.3, -0.25) is 4.79 Å². The Morgan fingerprint density at radius 3 is 2.78 bits per heavy atom. The van der Waals surface area contributed by atoms with Gasteiger partial charge < -0.3 is 10.2 Å². The van der Waals surface area contributed by atoms with E-state index in [9.17, 15) is 4.79 Å². The number of carbonyl (C=O) groups is 1. The van der Waals surface area contributed by atoms with Crippen LogP contribution in [0.5, 0.6) is 0 Å². The van der Waals surface area contributed by atoms with Crippen LogP contribution in [0.2, 0.25) is 0 Å². The van der Waals surface area contributed by atoms with E-state index < -0.39 is 0 Å². The van der Waals surface area contributed by atoms with Crippen molar-refractivity contribution in [1.82, 2.24) is 14.9 Å². The molecule has 1 N–H and O–H groups in total. The second-order valence-electron chi connectivity index (χ2n) is 4.99. The Kier molecular flexibility index (Phi) is 3.79. The normalized spacial score (nSPS) is 19.3. The molecule has 1 saturated heterocycles. The highest BCUT2D eigenvalue weighted by Gasteiger charge is 2.31. The predicted molar refractivity (Wildman–Crippen MR) is 70.5 cm³/mol. The van der Waals surface area contributed by atoms with Crippen LogP contribution in [0.3, 0.4) is 0 Å². The molecule has 0 spiro atoms. The van der Waals surface area contributed by atoms with Crippen molar-refractivity contribution in [3.63, 3.8) is 0 Å². The maximum atomic E-state index is 12.4. The molecule has 0 aliphatic carbocycles. The summed E-state index contributed by atoms with van der Waals surface area (Å²) in [5.74, 6) is 1.16. The van der Waals surface area contributed by atoms with Crippen molar-refractivity contribution in [2.45, 2.75) is 32.7 Å². The fraction of sp³-hybridized carbons (Fsp3) is 0.615. The molecule has 0 bridgehead atoms. The summed E-state index contributed by atoms with van der Waals surface area (Å²) in [7, 11) is 1.78. The van der Waals surface area contributed by atoms with Gasteiger partial charge in [0.1, 0.15) is 11.5 Å². The van der Waals surface area contributed by atoms with Gasteiger partial charge in [-0.2, -0.15) is 0 Å². The molecule has 0 radical (unpaired) electrons. The first kappa shape index (κ1) is 12.8. The molecule has 18 heavy (non-hydrogen) atoms. The van der Waals surface area contributed by atoms with Crippen molar-refractivity contribution < 1.29 is 4.79 Å². The van der Waals surface area contributed by atoms with E-state index in [2.05, 4.69) is 29.1 Å². The lowest BCUT2D eigenvalue weighted by molar-refractivity contribution is 0.0695. The van der Waals surface area contributed by atoms with Crippen LogP contribution in [-0.2, 0) is 0 Å². The van der Waals surface area contributed by atoms with Crippen molar-refractivity contribution in [2.75, 3.05) is 18.9 Å². The van der Waals surface area contributed by atoms with Gasteiger partial charge in [0, 0.05) is 19.6 Å². The number of hydrogen-bond donors (Lipinski definition) is 1. The number of aromatic nitrogens is 2. The molecule has 0 aromatic carbocycles. The van der Waals surface area contributed by atoms with E-state index >= 15 is 0 Å². The molecule has 1 amide bonds. The first-order chi connectivity index (χ1) is 8.63. The van der Waals surface area contributed by atoms with Gasteiger partial charge in [0.05, 0.1) is 12.4 Å². The van der Waals surface area contributed by atoms with Crippen LogP contribution >= 0.6 is 0 Å². The summed E-state index contributed by atoms with van der Waals surface area (Å²) in [6.07, 6.45) is 5.31. The topological polar surface area (TPSA) is 58.1 Å². The summed E-state index contributed by atoms with van der Waals surface area (Å²) < 4.78 is 0. The Hall–Kier alpha value is -1.65. The lowest BCUT2D eigenvalue weighted by Gasteiger charge is -2.27. The van der Waals surface area contributed by atoms with Gasteiger partial charge in [0.25, 0.3) is 5.91 Å². The SMILES string of the molecule is CNc1cnc(C(=O)N2CCCC2C(C)C)cn1. The van der Waals surface area contributed by atoms with E-state index in [-0.39, 0.29) is 5.91 Å². The standard InChI is InChI=1S/C13H20N4O/c1-9(2)11-5-4-6-17(11)13(18)10-7-16-12(14-3)8-15-10/h7-9,11H,4-6H2,1-3H3,(H,14,16). The molecule has 1 fully saturated rings. The minimum absolute atomic E-state index is 0.00125. The van der Waals surface area contributed by atoms with Crippen molar-refractivity contribution in [3.05, 3.63) is 18.1 Å². The molecule has 5 heteroatoms. The van der Waals surface area contributed by atoms with Crippen LogP contribution in [0.4, 0.5) is 5.82 Å². The van der Waals surface area contributed by atoms with E-state index in [0.29, 0.717) is 23.5 Å². The van der Waals surface area contributed by atoms with Crippen LogP contribution in [0.1, 0.15) is 37.2 Å². The van der Waals surface area contributed by atoms with Crippen molar-refractivity contribution >= 4 is 11.7 Å². The number of amides is 1. The highest BCUT2D eigenvalue weighted by atomic mass is 16.2. The molecular formula is C13H20N4O. The molecule has 1 aromatic rings. The van der Waals surface area contributed by atoms with Crippen LogP contribution in [-0.4, -0.2) is 40.4 Å². The second-order valence-corrected chi connectivity index (χ2v) is 4.99. The van der Waals surface area contributed by atoms with Gasteiger partial charge in [-0.1, -0.05) is 13.8 Å². The molecule has 1 aliphatic rings. The Morgan fingerprint density at radius 2 is 2.22 bits per heavy atom. The molecule has 1 aromatic heterocycles. The van der Waals surface area contributed by atoms with Crippen LogP contribution in [0.15, 0.2) is 12.4 Å². The van der Waals surface area contributed by atoms with Crippen LogP contribution in [0.25, 0.3) is 0 Å². The van der Waals surface area contributed by atoms with E-state index in [1.165, 1.54) is 0 Å². The predicted octanol–water partition coefficient (Wildman–Crippen LogP) is 1.78. The van der Waals surface area contributed by atoms with E-state index in [1.807, 2.05) is 4.90 Å². The molecular weight excluding hydrogens is 228 g/mol. The Bertz CT molecular complexity index is 416. The molecule has 5 nitrogen and oxygen atoms in total. The Morgan fingerprint density at radius 1 is 1.44 bits per heavy atom. The lowest BCUT2D eigenvalue weighted by atomic mass is 10.0. The average Bonchev–Trinajstić information content (AvgIpc) is 2.87. The highest BCUT2D eigenvalue weighted by Crippen LogP contribution is 2.25. The maximum absolute atomic E-state index is 12.4. The number of carbonyl (C=O) groups excluding carboxylic acids is 1. The summed E-state index contributed by atoms with van der Waals surface area (Å²) in [4.78, 5) is 22.6. The number of nitrogens with zero attached hydrogens (tertiary/aromatic N) is 3. The molecule has 2 rings (SSSR count). The van der Waals surface area contributed by atoms with Gasteiger partial charge in [0.2, 0.25) is 0 Å². The van der Waals surface area contributed by atoms with Gasteiger partial charge in [0.15, 0.2) is 0 Å². The van der Waals surface area contributed by atoms with Gasteiger partial charge in [-0.15, -0.1) is 0 Å². The highest BCUT2D eigenvalue weighted by molar-refractivity contribution is 5.92. The van der Waals surface area contributed by atoms with Crippen LogP contribution in [0, 0.1) is 5.92 Å². The van der Waals surface area contributed by atoms with Crippen molar-refractivity contribution in [3.8, 4) is 0 Å².